The van der Waals surface area contributed by atoms with Crippen LogP contribution in [0.15, 0.2) is 0 Å². The van der Waals surface area contributed by atoms with E-state index in [1.165, 1.54) is 0 Å². The van der Waals surface area contributed by atoms with E-state index in [0.717, 1.165) is 13.0 Å². The molecule has 0 aromatic carbocycles. The fraction of sp³-hybridized carbons (Fsp3) is 0.900. The van der Waals surface area contributed by atoms with Crippen molar-refractivity contribution in [1.82, 2.24) is 4.90 Å². The summed E-state index contributed by atoms with van der Waals surface area (Å²) >= 11 is 0. The van der Waals surface area contributed by atoms with Gasteiger partial charge in [-0.25, -0.2) is 4.79 Å². The summed E-state index contributed by atoms with van der Waals surface area (Å²) in [6.07, 6.45) is 0.846. The van der Waals surface area contributed by atoms with Crippen LogP contribution in [0.5, 0.6) is 0 Å². The van der Waals surface area contributed by atoms with Crippen LogP contribution in [0.1, 0.15) is 27.2 Å². The van der Waals surface area contributed by atoms with Gasteiger partial charge >= 0.3 is 6.09 Å². The molecule has 0 atom stereocenters. The lowest BCUT2D eigenvalue weighted by atomic mass is 9.83. The summed E-state index contributed by atoms with van der Waals surface area (Å²) in [5.74, 6) is 0. The zero-order valence-electron chi connectivity index (χ0n) is 9.00. The van der Waals surface area contributed by atoms with E-state index < -0.39 is 5.60 Å². The minimum atomic E-state index is -0.404. The van der Waals surface area contributed by atoms with Gasteiger partial charge in [0.15, 0.2) is 0 Å². The molecule has 0 radical (unpaired) electrons. The highest BCUT2D eigenvalue weighted by molar-refractivity contribution is 5.70. The summed E-state index contributed by atoms with van der Waals surface area (Å²) in [7, 11) is 0. The van der Waals surface area contributed by atoms with Gasteiger partial charge in [-0.2, -0.15) is 0 Å². The van der Waals surface area contributed by atoms with Crippen molar-refractivity contribution in [2.24, 2.45) is 0 Å². The summed E-state index contributed by atoms with van der Waals surface area (Å²) < 4.78 is 10.4. The van der Waals surface area contributed by atoms with Gasteiger partial charge in [-0.3, -0.25) is 4.90 Å². The van der Waals surface area contributed by atoms with Crippen LogP contribution in [0, 0.1) is 0 Å². The smallest absolute Gasteiger partial charge is 0.410 e. The molecule has 4 heteroatoms. The Kier molecular flexibility index (Phi) is 2.00. The van der Waals surface area contributed by atoms with Gasteiger partial charge in [0.05, 0.1) is 18.8 Å². The van der Waals surface area contributed by atoms with Crippen molar-refractivity contribution in [2.45, 2.75) is 38.3 Å². The zero-order valence-corrected chi connectivity index (χ0v) is 9.00. The summed E-state index contributed by atoms with van der Waals surface area (Å²) in [5, 5.41) is 0. The van der Waals surface area contributed by atoms with E-state index >= 15 is 0 Å². The number of amides is 1. The zero-order chi connectivity index (χ0) is 10.4. The molecular weight excluding hydrogens is 182 g/mol. The predicted molar refractivity (Wildman–Crippen MR) is 51.1 cm³/mol. The fourth-order valence-electron chi connectivity index (χ4n) is 1.78. The Balaban J connectivity index is 1.93. The van der Waals surface area contributed by atoms with Gasteiger partial charge in [0.25, 0.3) is 0 Å². The van der Waals surface area contributed by atoms with Crippen LogP contribution in [-0.2, 0) is 9.47 Å². The van der Waals surface area contributed by atoms with Crippen LogP contribution in [0.2, 0.25) is 0 Å². The topological polar surface area (TPSA) is 38.8 Å². The SMILES string of the molecule is CC(C)(C)OC(=O)N1CCC12COC2. The minimum Gasteiger partial charge on any atom is -0.444 e. The number of hydrogen-bond donors (Lipinski definition) is 0. The standard InChI is InChI=1S/C10H17NO3/c1-9(2,3)14-8(12)11-5-4-10(11)6-13-7-10/h4-7H2,1-3H3. The van der Waals surface area contributed by atoms with Crippen LogP contribution in [0.25, 0.3) is 0 Å². The maximum Gasteiger partial charge on any atom is 0.410 e. The minimum absolute atomic E-state index is 0.0116. The second-order valence-corrected chi connectivity index (χ2v) is 5.10. The summed E-state index contributed by atoms with van der Waals surface area (Å²) in [6.45, 7) is 7.80. The number of carbonyl (C=O) groups is 1. The van der Waals surface area contributed by atoms with Gasteiger partial charge in [0.2, 0.25) is 0 Å². The molecule has 14 heavy (non-hydrogen) atoms. The second-order valence-electron chi connectivity index (χ2n) is 5.10. The molecule has 2 heterocycles. The monoisotopic (exact) mass is 199 g/mol. The van der Waals surface area contributed by atoms with Crippen LogP contribution >= 0.6 is 0 Å². The maximum atomic E-state index is 11.7. The summed E-state index contributed by atoms with van der Waals surface area (Å²) in [4.78, 5) is 13.5. The molecule has 0 N–H and O–H groups in total. The third kappa shape index (κ3) is 1.47. The highest BCUT2D eigenvalue weighted by Gasteiger charge is 2.54. The van der Waals surface area contributed by atoms with E-state index in [1.54, 1.807) is 4.90 Å². The number of nitrogens with zero attached hydrogens (tertiary/aromatic N) is 1. The molecule has 1 spiro atoms. The van der Waals surface area contributed by atoms with Crippen molar-refractivity contribution in [3.8, 4) is 0 Å². The Morgan fingerprint density at radius 1 is 1.43 bits per heavy atom. The molecular formula is C10H17NO3. The molecule has 2 rings (SSSR count). The first kappa shape index (κ1) is 9.77. The summed E-state index contributed by atoms with van der Waals surface area (Å²) in [6, 6.07) is 0. The maximum absolute atomic E-state index is 11.7. The highest BCUT2D eigenvalue weighted by atomic mass is 16.6. The third-order valence-electron chi connectivity index (χ3n) is 2.73. The molecule has 0 unspecified atom stereocenters. The Morgan fingerprint density at radius 3 is 2.36 bits per heavy atom. The van der Waals surface area contributed by atoms with E-state index in [4.69, 9.17) is 9.47 Å². The van der Waals surface area contributed by atoms with Crippen LogP contribution < -0.4 is 0 Å². The van der Waals surface area contributed by atoms with Gasteiger partial charge in [0.1, 0.15) is 5.60 Å². The molecule has 0 bridgehead atoms. The lowest BCUT2D eigenvalue weighted by Gasteiger charge is -2.56. The number of likely N-dealkylation sites (tertiary alicyclic amines) is 1. The first-order valence-electron chi connectivity index (χ1n) is 5.01. The Bertz CT molecular complexity index is 247. The van der Waals surface area contributed by atoms with Crippen molar-refractivity contribution in [1.29, 1.82) is 0 Å². The molecule has 2 aliphatic heterocycles. The quantitative estimate of drug-likeness (QED) is 0.592. The molecule has 2 saturated heterocycles. The van der Waals surface area contributed by atoms with Crippen molar-refractivity contribution in [2.75, 3.05) is 19.8 Å². The fourth-order valence-corrected chi connectivity index (χ4v) is 1.78. The van der Waals surface area contributed by atoms with Crippen LogP contribution in [0.3, 0.4) is 0 Å². The highest BCUT2D eigenvalue weighted by Crippen LogP contribution is 2.38. The normalized spacial score (nSPS) is 24.1. The lowest BCUT2D eigenvalue weighted by Crippen LogP contribution is -2.72. The summed E-state index contributed by atoms with van der Waals surface area (Å²) in [5.41, 5.74) is -0.416. The van der Waals surface area contributed by atoms with E-state index in [1.807, 2.05) is 20.8 Å². The van der Waals surface area contributed by atoms with E-state index in [0.29, 0.717) is 13.2 Å². The van der Waals surface area contributed by atoms with Crippen molar-refractivity contribution >= 4 is 6.09 Å². The molecule has 2 fully saturated rings. The van der Waals surface area contributed by atoms with Gasteiger partial charge in [-0.15, -0.1) is 0 Å². The predicted octanol–water partition coefficient (Wildman–Crippen LogP) is 1.40. The second kappa shape index (κ2) is 2.86. The Labute approximate surface area is 84.2 Å². The number of hydrogen-bond acceptors (Lipinski definition) is 3. The molecule has 0 aromatic rings. The van der Waals surface area contributed by atoms with Crippen molar-refractivity contribution in [3.63, 3.8) is 0 Å². The first-order valence-corrected chi connectivity index (χ1v) is 5.01. The van der Waals surface area contributed by atoms with E-state index in [9.17, 15) is 4.79 Å². The number of ether oxygens (including phenoxy) is 2. The molecule has 1 amide bonds. The molecule has 0 aromatic heterocycles. The average Bonchev–Trinajstić information content (AvgIpc) is 1.73. The van der Waals surface area contributed by atoms with Gasteiger partial charge in [-0.1, -0.05) is 0 Å². The third-order valence-corrected chi connectivity index (χ3v) is 2.73. The first-order chi connectivity index (χ1) is 6.43. The average molecular weight is 199 g/mol. The molecule has 0 aliphatic carbocycles. The van der Waals surface area contributed by atoms with Gasteiger partial charge < -0.3 is 9.47 Å². The molecule has 4 nitrogen and oxygen atoms in total. The Morgan fingerprint density at radius 2 is 2.07 bits per heavy atom. The number of rotatable bonds is 0. The van der Waals surface area contributed by atoms with Gasteiger partial charge in [-0.05, 0) is 27.2 Å². The number of carbonyl (C=O) groups excluding carboxylic acids is 1. The van der Waals surface area contributed by atoms with Crippen molar-refractivity contribution < 1.29 is 14.3 Å². The molecule has 0 saturated carbocycles. The van der Waals surface area contributed by atoms with Gasteiger partial charge in [0, 0.05) is 6.54 Å². The molecule has 80 valence electrons. The van der Waals surface area contributed by atoms with Crippen molar-refractivity contribution in [3.05, 3.63) is 0 Å². The molecule has 2 aliphatic rings. The van der Waals surface area contributed by atoms with E-state index in [-0.39, 0.29) is 11.6 Å². The Hall–Kier alpha value is -0.770. The van der Waals surface area contributed by atoms with E-state index in [2.05, 4.69) is 0 Å². The largest absolute Gasteiger partial charge is 0.444 e. The lowest BCUT2D eigenvalue weighted by molar-refractivity contribution is -0.182. The van der Waals surface area contributed by atoms with Crippen LogP contribution in [0.4, 0.5) is 4.79 Å². The van der Waals surface area contributed by atoms with Crippen LogP contribution in [-0.4, -0.2) is 41.9 Å².